The zero-order valence-corrected chi connectivity index (χ0v) is 18.4. The number of nitrogens with zero attached hydrogens (tertiary/aromatic N) is 1. The zero-order valence-electron chi connectivity index (χ0n) is 18.4. The number of piperazine rings is 1. The Labute approximate surface area is 187 Å². The molecule has 7 nitrogen and oxygen atoms in total. The number of halogens is 5. The SMILES string of the molecule is COc1c([C@H]2[C@H](C(=O)NCCN3CCNC(=O)C3)O[C@@](C)(C(F)(F)F)[C@H]2C)ccc(F)c1F. The van der Waals surface area contributed by atoms with Crippen molar-refractivity contribution in [2.24, 2.45) is 5.92 Å². The lowest BCUT2D eigenvalue weighted by atomic mass is 9.77. The lowest BCUT2D eigenvalue weighted by Crippen LogP contribution is -2.50. The molecule has 2 aliphatic heterocycles. The molecule has 0 radical (unpaired) electrons. The summed E-state index contributed by atoms with van der Waals surface area (Å²) in [6.45, 7) is 3.61. The van der Waals surface area contributed by atoms with Crippen molar-refractivity contribution in [1.82, 2.24) is 15.5 Å². The summed E-state index contributed by atoms with van der Waals surface area (Å²) >= 11 is 0. The molecule has 3 rings (SSSR count). The lowest BCUT2D eigenvalue weighted by molar-refractivity contribution is -0.272. The van der Waals surface area contributed by atoms with Gasteiger partial charge in [-0.1, -0.05) is 13.0 Å². The molecular weight excluding hydrogens is 453 g/mol. The van der Waals surface area contributed by atoms with Crippen LogP contribution in [0.3, 0.4) is 0 Å². The second kappa shape index (κ2) is 9.41. The van der Waals surface area contributed by atoms with Crippen LogP contribution in [0.25, 0.3) is 0 Å². The normalized spacial score (nSPS) is 28.5. The number of alkyl halides is 3. The van der Waals surface area contributed by atoms with E-state index in [1.807, 2.05) is 0 Å². The molecule has 4 atom stereocenters. The predicted molar refractivity (Wildman–Crippen MR) is 107 cm³/mol. The lowest BCUT2D eigenvalue weighted by Gasteiger charge is -2.32. The van der Waals surface area contributed by atoms with E-state index in [-0.39, 0.29) is 24.6 Å². The Kier molecular flexibility index (Phi) is 7.18. The average molecular weight is 479 g/mol. The van der Waals surface area contributed by atoms with Crippen LogP contribution in [0.2, 0.25) is 0 Å². The minimum Gasteiger partial charge on any atom is -0.493 e. The van der Waals surface area contributed by atoms with Crippen molar-refractivity contribution < 1.29 is 41.0 Å². The van der Waals surface area contributed by atoms with Gasteiger partial charge >= 0.3 is 6.18 Å². The second-order valence-electron chi connectivity index (χ2n) is 8.36. The van der Waals surface area contributed by atoms with Gasteiger partial charge in [0.1, 0.15) is 6.10 Å². The van der Waals surface area contributed by atoms with Crippen molar-refractivity contribution in [2.75, 3.05) is 39.8 Å². The Morgan fingerprint density at radius 3 is 2.67 bits per heavy atom. The van der Waals surface area contributed by atoms with Crippen LogP contribution < -0.4 is 15.4 Å². The third-order valence-corrected chi connectivity index (χ3v) is 6.42. The van der Waals surface area contributed by atoms with Crippen LogP contribution >= 0.6 is 0 Å². The summed E-state index contributed by atoms with van der Waals surface area (Å²) in [7, 11) is 1.06. The highest BCUT2D eigenvalue weighted by Gasteiger charge is 2.65. The van der Waals surface area contributed by atoms with Crippen LogP contribution in [0.15, 0.2) is 12.1 Å². The second-order valence-corrected chi connectivity index (χ2v) is 8.36. The van der Waals surface area contributed by atoms with Crippen molar-refractivity contribution in [3.63, 3.8) is 0 Å². The first kappa shape index (κ1) is 25.2. The summed E-state index contributed by atoms with van der Waals surface area (Å²) in [4.78, 5) is 26.2. The highest BCUT2D eigenvalue weighted by atomic mass is 19.4. The van der Waals surface area contributed by atoms with Gasteiger partial charge in [-0.25, -0.2) is 4.39 Å². The number of nitrogens with one attached hydrogen (secondary N) is 2. The summed E-state index contributed by atoms with van der Waals surface area (Å²) in [6, 6.07) is 1.88. The Bertz CT molecular complexity index is 913. The highest BCUT2D eigenvalue weighted by molar-refractivity contribution is 5.83. The predicted octanol–water partition coefficient (Wildman–Crippen LogP) is 1.96. The number of ether oxygens (including phenoxy) is 2. The van der Waals surface area contributed by atoms with Gasteiger partial charge in [0.05, 0.1) is 13.7 Å². The molecule has 0 unspecified atom stereocenters. The molecule has 1 aromatic carbocycles. The van der Waals surface area contributed by atoms with Gasteiger partial charge in [-0.3, -0.25) is 14.5 Å². The first-order valence-corrected chi connectivity index (χ1v) is 10.4. The van der Waals surface area contributed by atoms with E-state index in [0.29, 0.717) is 19.6 Å². The summed E-state index contributed by atoms with van der Waals surface area (Å²) in [5, 5.41) is 5.21. The zero-order chi connectivity index (χ0) is 24.6. The highest BCUT2D eigenvalue weighted by Crippen LogP contribution is 2.54. The minimum absolute atomic E-state index is 0.0602. The fourth-order valence-corrected chi connectivity index (χ4v) is 4.36. The maximum absolute atomic E-state index is 14.3. The molecule has 2 saturated heterocycles. The van der Waals surface area contributed by atoms with Gasteiger partial charge in [0, 0.05) is 43.6 Å². The van der Waals surface area contributed by atoms with Crippen molar-refractivity contribution in [2.45, 2.75) is 37.6 Å². The number of methoxy groups -OCH3 is 1. The van der Waals surface area contributed by atoms with E-state index in [2.05, 4.69) is 10.6 Å². The van der Waals surface area contributed by atoms with E-state index < -0.39 is 53.0 Å². The quantitative estimate of drug-likeness (QED) is 0.610. The number of carbonyl (C=O) groups excluding carboxylic acids is 2. The number of hydrogen-bond acceptors (Lipinski definition) is 5. The monoisotopic (exact) mass is 479 g/mol. The molecule has 2 fully saturated rings. The number of benzene rings is 1. The third kappa shape index (κ3) is 4.77. The van der Waals surface area contributed by atoms with Crippen LogP contribution in [-0.4, -0.2) is 74.4 Å². The van der Waals surface area contributed by atoms with E-state index in [4.69, 9.17) is 9.47 Å². The Morgan fingerprint density at radius 2 is 2.06 bits per heavy atom. The number of rotatable bonds is 6. The molecule has 2 heterocycles. The van der Waals surface area contributed by atoms with Gasteiger partial charge in [-0.2, -0.15) is 17.6 Å². The molecule has 33 heavy (non-hydrogen) atoms. The third-order valence-electron chi connectivity index (χ3n) is 6.42. The summed E-state index contributed by atoms with van der Waals surface area (Å²) in [5.41, 5.74) is -2.80. The van der Waals surface area contributed by atoms with Crippen LogP contribution in [0.1, 0.15) is 25.3 Å². The van der Waals surface area contributed by atoms with Gasteiger partial charge in [0.2, 0.25) is 17.6 Å². The molecule has 1 aromatic rings. The van der Waals surface area contributed by atoms with Crippen LogP contribution in [0.4, 0.5) is 22.0 Å². The summed E-state index contributed by atoms with van der Waals surface area (Å²) < 4.78 is 80.0. The molecule has 12 heteroatoms. The Morgan fingerprint density at radius 1 is 1.36 bits per heavy atom. The fraction of sp³-hybridized carbons (Fsp3) is 0.619. The van der Waals surface area contributed by atoms with Crippen LogP contribution in [0, 0.1) is 17.6 Å². The molecule has 0 saturated carbocycles. The topological polar surface area (TPSA) is 79.9 Å². The van der Waals surface area contributed by atoms with Crippen molar-refractivity contribution >= 4 is 11.8 Å². The molecule has 2 aliphatic rings. The maximum Gasteiger partial charge on any atom is 0.417 e. The fourth-order valence-electron chi connectivity index (χ4n) is 4.36. The summed E-state index contributed by atoms with van der Waals surface area (Å²) in [5.74, 6) is -6.73. The number of hydrogen-bond donors (Lipinski definition) is 2. The van der Waals surface area contributed by atoms with Crippen LogP contribution in [-0.2, 0) is 14.3 Å². The molecule has 184 valence electrons. The standard InChI is InChI=1S/C21H26F5N3O4/c1-11-15(12-4-5-13(22)16(23)17(12)32-3)18(33-20(11,2)21(24,25)26)19(31)28-7-9-29-8-6-27-14(30)10-29/h4-5,11,15,18H,6-10H2,1-3H3,(H,27,30)(H,28,31)/t11-,15-,18+,20+/m0/s1. The molecule has 2 N–H and O–H groups in total. The van der Waals surface area contributed by atoms with Crippen molar-refractivity contribution in [3.8, 4) is 5.75 Å². The van der Waals surface area contributed by atoms with E-state index in [0.717, 1.165) is 26.2 Å². The van der Waals surface area contributed by atoms with Crippen molar-refractivity contribution in [1.29, 1.82) is 0 Å². The number of carbonyl (C=O) groups is 2. The molecule has 0 aromatic heterocycles. The van der Waals surface area contributed by atoms with E-state index in [1.54, 1.807) is 4.90 Å². The van der Waals surface area contributed by atoms with Gasteiger partial charge in [0.15, 0.2) is 17.2 Å². The average Bonchev–Trinajstić information content (AvgIpc) is 3.02. The van der Waals surface area contributed by atoms with E-state index in [9.17, 15) is 31.5 Å². The summed E-state index contributed by atoms with van der Waals surface area (Å²) in [6.07, 6.45) is -6.46. The van der Waals surface area contributed by atoms with Gasteiger partial charge in [0.25, 0.3) is 0 Å². The van der Waals surface area contributed by atoms with E-state index in [1.165, 1.54) is 6.92 Å². The van der Waals surface area contributed by atoms with Crippen molar-refractivity contribution in [3.05, 3.63) is 29.3 Å². The van der Waals surface area contributed by atoms with Gasteiger partial charge in [-0.05, 0) is 13.0 Å². The Balaban J connectivity index is 1.86. The molecule has 0 bridgehead atoms. The van der Waals surface area contributed by atoms with Gasteiger partial charge in [-0.15, -0.1) is 0 Å². The molecular formula is C21H26F5N3O4. The van der Waals surface area contributed by atoms with E-state index >= 15 is 0 Å². The van der Waals surface area contributed by atoms with Gasteiger partial charge < -0.3 is 20.1 Å². The maximum atomic E-state index is 14.3. The first-order valence-electron chi connectivity index (χ1n) is 10.4. The molecule has 2 amide bonds. The number of amides is 2. The van der Waals surface area contributed by atoms with Crippen LogP contribution in [0.5, 0.6) is 5.75 Å². The first-order chi connectivity index (χ1) is 15.4. The minimum atomic E-state index is -4.83. The Hall–Kier alpha value is -2.47. The smallest absolute Gasteiger partial charge is 0.417 e. The molecule has 0 aliphatic carbocycles. The largest absolute Gasteiger partial charge is 0.493 e. The molecule has 0 spiro atoms.